The highest BCUT2D eigenvalue weighted by atomic mass is 32.2. The first-order chi connectivity index (χ1) is 9.95. The van der Waals surface area contributed by atoms with Crippen molar-refractivity contribution in [2.24, 2.45) is 0 Å². The number of hydrogen-bond acceptors (Lipinski definition) is 3. The summed E-state index contributed by atoms with van der Waals surface area (Å²) in [5.74, 6) is -1.73. The van der Waals surface area contributed by atoms with Gasteiger partial charge in [-0.3, -0.25) is 4.72 Å². The number of benzene rings is 1. The van der Waals surface area contributed by atoms with Gasteiger partial charge in [-0.15, -0.1) is 0 Å². The topological polar surface area (TPSA) is 74.8 Å². The normalized spacial score (nSPS) is 11.7. The second kappa shape index (κ2) is 4.81. The fraction of sp³-hybridized carbons (Fsp3) is 0. The van der Waals surface area contributed by atoms with Gasteiger partial charge in [0, 0.05) is 23.8 Å². The van der Waals surface area contributed by atoms with E-state index < -0.39 is 21.7 Å². The number of hydrogen-bond donors (Lipinski definition) is 2. The third kappa shape index (κ3) is 2.57. The number of H-pyrrole nitrogens is 1. The molecule has 1 aromatic carbocycles. The van der Waals surface area contributed by atoms with Crippen molar-refractivity contribution in [1.29, 1.82) is 0 Å². The standard InChI is InChI=1S/C13H9F2N3O2S/c14-8-4-9(15)6-10(5-8)18-21(19,20)12-7-17-13-11(12)2-1-3-16-13/h1-7,18H,(H,16,17). The number of fused-ring (bicyclic) bond motifs is 1. The second-order valence-corrected chi connectivity index (χ2v) is 5.97. The quantitative estimate of drug-likeness (QED) is 0.781. The van der Waals surface area contributed by atoms with E-state index in [9.17, 15) is 17.2 Å². The molecule has 0 fully saturated rings. The lowest BCUT2D eigenvalue weighted by Gasteiger charge is -2.07. The number of anilines is 1. The van der Waals surface area contributed by atoms with Crippen LogP contribution in [0.5, 0.6) is 0 Å². The fourth-order valence-corrected chi connectivity index (χ4v) is 3.18. The Bertz CT molecular complexity index is 902. The van der Waals surface area contributed by atoms with Crippen LogP contribution in [0.4, 0.5) is 14.5 Å². The Morgan fingerprint density at radius 2 is 1.86 bits per heavy atom. The maximum atomic E-state index is 13.1. The summed E-state index contributed by atoms with van der Waals surface area (Å²) in [6.45, 7) is 0. The summed E-state index contributed by atoms with van der Waals surface area (Å²) in [7, 11) is -3.98. The molecule has 3 rings (SSSR count). The average molecular weight is 309 g/mol. The van der Waals surface area contributed by atoms with Gasteiger partial charge in [0.15, 0.2) is 0 Å². The van der Waals surface area contributed by atoms with Crippen molar-refractivity contribution in [1.82, 2.24) is 9.97 Å². The maximum absolute atomic E-state index is 13.1. The molecule has 0 spiro atoms. The number of rotatable bonds is 3. The Morgan fingerprint density at radius 3 is 2.57 bits per heavy atom. The molecule has 0 radical (unpaired) electrons. The Labute approximate surface area is 118 Å². The highest BCUT2D eigenvalue weighted by Crippen LogP contribution is 2.24. The number of nitrogens with zero attached hydrogens (tertiary/aromatic N) is 1. The summed E-state index contributed by atoms with van der Waals surface area (Å²) in [6.07, 6.45) is 2.79. The molecular weight excluding hydrogens is 300 g/mol. The fourth-order valence-electron chi connectivity index (χ4n) is 1.98. The van der Waals surface area contributed by atoms with Crippen LogP contribution in [0.3, 0.4) is 0 Å². The molecule has 21 heavy (non-hydrogen) atoms. The molecule has 108 valence electrons. The number of nitrogens with one attached hydrogen (secondary N) is 2. The van der Waals surface area contributed by atoms with Crippen molar-refractivity contribution in [3.05, 3.63) is 54.4 Å². The Balaban J connectivity index is 2.04. The van der Waals surface area contributed by atoms with Gasteiger partial charge in [-0.1, -0.05) is 0 Å². The largest absolute Gasteiger partial charge is 0.345 e. The molecule has 0 saturated carbocycles. The molecule has 2 N–H and O–H groups in total. The third-order valence-electron chi connectivity index (χ3n) is 2.82. The zero-order chi connectivity index (χ0) is 15.0. The maximum Gasteiger partial charge on any atom is 0.264 e. The number of aromatic nitrogens is 2. The lowest BCUT2D eigenvalue weighted by atomic mass is 10.3. The summed E-state index contributed by atoms with van der Waals surface area (Å²) >= 11 is 0. The minimum atomic E-state index is -3.98. The Hall–Kier alpha value is -2.48. The van der Waals surface area contributed by atoms with Crippen LogP contribution < -0.4 is 4.72 Å². The smallest absolute Gasteiger partial charge is 0.264 e. The number of pyridine rings is 1. The van der Waals surface area contributed by atoms with Gasteiger partial charge in [-0.25, -0.2) is 22.2 Å². The lowest BCUT2D eigenvalue weighted by Crippen LogP contribution is -2.12. The number of halogens is 2. The molecule has 0 aliphatic carbocycles. The SMILES string of the molecule is O=S(=O)(Nc1cc(F)cc(F)c1)c1c[nH]c2ncccc12. The van der Waals surface area contributed by atoms with Gasteiger partial charge in [-0.2, -0.15) is 0 Å². The van der Waals surface area contributed by atoms with Crippen LogP contribution in [0.1, 0.15) is 0 Å². The van der Waals surface area contributed by atoms with Gasteiger partial charge in [0.05, 0.1) is 5.69 Å². The van der Waals surface area contributed by atoms with Crippen molar-refractivity contribution < 1.29 is 17.2 Å². The molecule has 0 atom stereocenters. The van der Waals surface area contributed by atoms with Gasteiger partial charge >= 0.3 is 0 Å². The third-order valence-corrected chi connectivity index (χ3v) is 4.24. The van der Waals surface area contributed by atoms with Gasteiger partial charge < -0.3 is 4.98 Å². The first kappa shape index (κ1) is 13.5. The van der Waals surface area contributed by atoms with Gasteiger partial charge in [0.2, 0.25) is 0 Å². The molecular formula is C13H9F2N3O2S. The highest BCUT2D eigenvalue weighted by Gasteiger charge is 2.20. The van der Waals surface area contributed by atoms with Crippen LogP contribution in [0, 0.1) is 11.6 Å². The lowest BCUT2D eigenvalue weighted by molar-refractivity contribution is 0.584. The zero-order valence-corrected chi connectivity index (χ0v) is 11.3. The predicted octanol–water partition coefficient (Wildman–Crippen LogP) is 2.64. The van der Waals surface area contributed by atoms with Crippen molar-refractivity contribution in [3.8, 4) is 0 Å². The summed E-state index contributed by atoms with van der Waals surface area (Å²) < 4.78 is 52.9. The molecule has 0 aliphatic heterocycles. The minimum absolute atomic E-state index is 0.0460. The van der Waals surface area contributed by atoms with Crippen LogP contribution >= 0.6 is 0 Å². The highest BCUT2D eigenvalue weighted by molar-refractivity contribution is 7.93. The Kier molecular flexibility index (Phi) is 3.09. The summed E-state index contributed by atoms with van der Waals surface area (Å²) in [6, 6.07) is 5.63. The molecule has 3 aromatic rings. The summed E-state index contributed by atoms with van der Waals surface area (Å²) in [5.41, 5.74) is 0.217. The molecule has 2 aromatic heterocycles. The summed E-state index contributed by atoms with van der Waals surface area (Å²) in [5, 5.41) is 0.391. The van der Waals surface area contributed by atoms with Crippen molar-refractivity contribution in [2.45, 2.75) is 4.90 Å². The van der Waals surface area contributed by atoms with Gasteiger partial charge in [0.1, 0.15) is 22.2 Å². The average Bonchev–Trinajstić information content (AvgIpc) is 2.81. The molecule has 0 aliphatic rings. The van der Waals surface area contributed by atoms with E-state index in [0.717, 1.165) is 12.1 Å². The van der Waals surface area contributed by atoms with Crippen LogP contribution in [0.2, 0.25) is 0 Å². The van der Waals surface area contributed by atoms with E-state index in [4.69, 9.17) is 0 Å². The molecule has 8 heteroatoms. The molecule has 0 amide bonds. The van der Waals surface area contributed by atoms with E-state index >= 15 is 0 Å². The van der Waals surface area contributed by atoms with E-state index in [-0.39, 0.29) is 10.6 Å². The first-order valence-corrected chi connectivity index (χ1v) is 7.35. The van der Waals surface area contributed by atoms with Crippen LogP contribution in [0.15, 0.2) is 47.6 Å². The predicted molar refractivity (Wildman–Crippen MR) is 73.3 cm³/mol. The van der Waals surface area contributed by atoms with E-state index in [2.05, 4.69) is 14.7 Å². The second-order valence-electron chi connectivity index (χ2n) is 4.32. The van der Waals surface area contributed by atoms with Gasteiger partial charge in [0.25, 0.3) is 10.0 Å². The van der Waals surface area contributed by atoms with Crippen LogP contribution in [-0.2, 0) is 10.0 Å². The first-order valence-electron chi connectivity index (χ1n) is 5.87. The Morgan fingerprint density at radius 1 is 1.14 bits per heavy atom. The molecule has 0 unspecified atom stereocenters. The van der Waals surface area contributed by atoms with E-state index in [1.165, 1.54) is 12.4 Å². The van der Waals surface area contributed by atoms with E-state index in [1.54, 1.807) is 12.1 Å². The van der Waals surface area contributed by atoms with Crippen LogP contribution in [0.25, 0.3) is 11.0 Å². The molecule has 0 saturated heterocycles. The summed E-state index contributed by atoms with van der Waals surface area (Å²) in [4.78, 5) is 6.66. The van der Waals surface area contributed by atoms with Crippen molar-refractivity contribution in [3.63, 3.8) is 0 Å². The number of aromatic amines is 1. The molecule has 2 heterocycles. The van der Waals surface area contributed by atoms with Gasteiger partial charge in [-0.05, 0) is 24.3 Å². The van der Waals surface area contributed by atoms with Crippen molar-refractivity contribution >= 4 is 26.7 Å². The molecule has 0 bridgehead atoms. The van der Waals surface area contributed by atoms with Crippen molar-refractivity contribution in [2.75, 3.05) is 4.72 Å². The van der Waals surface area contributed by atoms with E-state index in [0.29, 0.717) is 17.1 Å². The zero-order valence-electron chi connectivity index (χ0n) is 10.5. The molecule has 5 nitrogen and oxygen atoms in total. The van der Waals surface area contributed by atoms with E-state index in [1.807, 2.05) is 0 Å². The monoisotopic (exact) mass is 309 g/mol. The minimum Gasteiger partial charge on any atom is -0.345 e. The van der Waals surface area contributed by atoms with Crippen LogP contribution in [-0.4, -0.2) is 18.4 Å². The number of sulfonamides is 1.